The average molecular weight is 330 g/mol. The van der Waals surface area contributed by atoms with Crippen molar-refractivity contribution >= 4 is 17.1 Å². The lowest BCUT2D eigenvalue weighted by atomic mass is 10.1. The zero-order chi connectivity index (χ0) is 16.3. The van der Waals surface area contributed by atoms with Crippen LogP contribution in [0.1, 0.15) is 41.5 Å². The lowest BCUT2D eigenvalue weighted by Gasteiger charge is -2.01. The van der Waals surface area contributed by atoms with Gasteiger partial charge in [0.1, 0.15) is 6.61 Å². The van der Waals surface area contributed by atoms with Crippen molar-refractivity contribution in [3.05, 3.63) is 57.8 Å². The van der Waals surface area contributed by atoms with Crippen LogP contribution in [-0.2, 0) is 28.8 Å². The van der Waals surface area contributed by atoms with Crippen LogP contribution in [0.4, 0.5) is 0 Å². The highest BCUT2D eigenvalue weighted by molar-refractivity contribution is 7.11. The highest BCUT2D eigenvalue weighted by atomic mass is 32.1. The Morgan fingerprint density at radius 3 is 2.30 bits per heavy atom. The van der Waals surface area contributed by atoms with Gasteiger partial charge < -0.3 is 4.74 Å². The summed E-state index contributed by atoms with van der Waals surface area (Å²) < 4.78 is 5.29. The van der Waals surface area contributed by atoms with E-state index in [9.17, 15) is 4.79 Å². The first kappa shape index (κ1) is 17.9. The summed E-state index contributed by atoms with van der Waals surface area (Å²) >= 11 is 1.94. The summed E-state index contributed by atoms with van der Waals surface area (Å²) in [5.41, 5.74) is 1.43. The average Bonchev–Trinajstić information content (AvgIpc) is 2.99. The molecule has 0 fully saturated rings. The highest BCUT2D eigenvalue weighted by Gasteiger charge is 2.02. The Labute approximate surface area is 143 Å². The fourth-order valence-electron chi connectivity index (χ4n) is 2.52. The van der Waals surface area contributed by atoms with Gasteiger partial charge in [-0.25, -0.2) is 0 Å². The van der Waals surface area contributed by atoms with Crippen LogP contribution in [0, 0.1) is 0 Å². The molecule has 0 aliphatic rings. The second kappa shape index (κ2) is 10.3. The fourth-order valence-corrected chi connectivity index (χ4v) is 3.62. The Hall–Kier alpha value is -1.45. The Balaban J connectivity index is 1.59. The Morgan fingerprint density at radius 1 is 0.913 bits per heavy atom. The highest BCUT2D eigenvalue weighted by Crippen LogP contribution is 2.20. The number of aryl methyl sites for hydroxylation is 3. The third-order valence-electron chi connectivity index (χ3n) is 3.72. The second-order valence-electron chi connectivity index (χ2n) is 5.92. The number of ether oxygens (including phenoxy) is 1. The monoisotopic (exact) mass is 330 g/mol. The molecule has 0 spiro atoms. The number of hydrogen-bond acceptors (Lipinski definition) is 3. The molecular formula is C20H26O2S. The molecular weight excluding hydrogens is 304 g/mol. The number of carbonyl (C=O) groups is 1. The molecule has 1 heterocycles. The molecule has 0 aliphatic carbocycles. The summed E-state index contributed by atoms with van der Waals surface area (Å²) in [7, 11) is 0. The maximum absolute atomic E-state index is 10.8. The molecule has 2 aromatic rings. The van der Waals surface area contributed by atoms with Gasteiger partial charge in [0, 0.05) is 16.4 Å². The van der Waals surface area contributed by atoms with E-state index in [0.29, 0.717) is 6.61 Å². The minimum Gasteiger partial charge on any atom is -0.374 e. The molecule has 2 rings (SSSR count). The predicted molar refractivity (Wildman–Crippen MR) is 97.2 cm³/mol. The van der Waals surface area contributed by atoms with Gasteiger partial charge in [0.2, 0.25) is 0 Å². The number of carbonyl (C=O) groups excluding carboxylic acids is 1. The van der Waals surface area contributed by atoms with E-state index >= 15 is 0 Å². The van der Waals surface area contributed by atoms with Crippen molar-refractivity contribution < 1.29 is 9.53 Å². The number of rotatable bonds is 11. The van der Waals surface area contributed by atoms with E-state index in [4.69, 9.17) is 4.74 Å². The lowest BCUT2D eigenvalue weighted by molar-refractivity contribution is -0.121. The Kier molecular flexibility index (Phi) is 8.05. The van der Waals surface area contributed by atoms with E-state index in [1.165, 1.54) is 28.2 Å². The molecule has 0 saturated carbocycles. The van der Waals surface area contributed by atoms with Crippen molar-refractivity contribution in [2.75, 3.05) is 13.2 Å². The van der Waals surface area contributed by atoms with Crippen molar-refractivity contribution in [2.45, 2.75) is 45.4 Å². The van der Waals surface area contributed by atoms with E-state index in [1.54, 1.807) is 6.92 Å². The molecule has 23 heavy (non-hydrogen) atoms. The van der Waals surface area contributed by atoms with Gasteiger partial charge >= 0.3 is 0 Å². The molecule has 0 saturated heterocycles. The minimum absolute atomic E-state index is 0.100. The van der Waals surface area contributed by atoms with Crippen molar-refractivity contribution in [2.24, 2.45) is 0 Å². The van der Waals surface area contributed by atoms with E-state index in [1.807, 2.05) is 11.3 Å². The SMILES string of the molecule is CC(=O)COCCCCc1ccc(CCCc2ccccc2)s1. The first-order valence-electron chi connectivity index (χ1n) is 8.43. The van der Waals surface area contributed by atoms with Gasteiger partial charge in [0.15, 0.2) is 5.78 Å². The van der Waals surface area contributed by atoms with Crippen LogP contribution in [0.25, 0.3) is 0 Å². The molecule has 0 bridgehead atoms. The summed E-state index contributed by atoms with van der Waals surface area (Å²) in [5.74, 6) is 0.100. The maximum Gasteiger partial charge on any atom is 0.155 e. The van der Waals surface area contributed by atoms with Crippen LogP contribution in [0.3, 0.4) is 0 Å². The topological polar surface area (TPSA) is 26.3 Å². The number of benzene rings is 1. The number of ketones is 1. The number of Topliss-reactive ketones (excluding diaryl/α,β-unsaturated/α-hetero) is 1. The van der Waals surface area contributed by atoms with Gasteiger partial charge in [0.05, 0.1) is 0 Å². The third kappa shape index (κ3) is 7.58. The predicted octanol–water partition coefficient (Wildman–Crippen LogP) is 4.85. The summed E-state index contributed by atoms with van der Waals surface area (Å²) in [5, 5.41) is 0. The molecule has 0 atom stereocenters. The minimum atomic E-state index is 0.100. The molecule has 2 nitrogen and oxygen atoms in total. The number of unbranched alkanes of at least 4 members (excludes halogenated alkanes) is 1. The molecule has 0 aliphatic heterocycles. The van der Waals surface area contributed by atoms with Crippen LogP contribution in [0.15, 0.2) is 42.5 Å². The second-order valence-corrected chi connectivity index (χ2v) is 7.17. The van der Waals surface area contributed by atoms with E-state index in [0.717, 1.165) is 25.7 Å². The number of hydrogen-bond donors (Lipinski definition) is 0. The van der Waals surface area contributed by atoms with E-state index in [-0.39, 0.29) is 12.4 Å². The fraction of sp³-hybridized carbons (Fsp3) is 0.450. The smallest absolute Gasteiger partial charge is 0.155 e. The third-order valence-corrected chi connectivity index (χ3v) is 4.92. The summed E-state index contributed by atoms with van der Waals surface area (Å²) in [4.78, 5) is 13.7. The molecule has 1 aromatic heterocycles. The maximum atomic E-state index is 10.8. The number of thiophene rings is 1. The first-order valence-corrected chi connectivity index (χ1v) is 9.24. The largest absolute Gasteiger partial charge is 0.374 e. The van der Waals surface area contributed by atoms with E-state index in [2.05, 4.69) is 42.5 Å². The summed E-state index contributed by atoms with van der Waals surface area (Å²) in [6.45, 7) is 2.50. The van der Waals surface area contributed by atoms with Crippen LogP contribution in [0.2, 0.25) is 0 Å². The molecule has 0 N–H and O–H groups in total. The van der Waals surface area contributed by atoms with Crippen molar-refractivity contribution in [3.8, 4) is 0 Å². The van der Waals surface area contributed by atoms with Crippen LogP contribution in [-0.4, -0.2) is 19.0 Å². The van der Waals surface area contributed by atoms with Gasteiger partial charge in [0.25, 0.3) is 0 Å². The molecule has 124 valence electrons. The summed E-state index contributed by atoms with van der Waals surface area (Å²) in [6, 6.07) is 15.2. The molecule has 0 amide bonds. The van der Waals surface area contributed by atoms with Gasteiger partial charge in [-0.15, -0.1) is 11.3 Å². The van der Waals surface area contributed by atoms with E-state index < -0.39 is 0 Å². The van der Waals surface area contributed by atoms with Crippen LogP contribution in [0.5, 0.6) is 0 Å². The molecule has 0 unspecified atom stereocenters. The Morgan fingerprint density at radius 2 is 1.61 bits per heavy atom. The van der Waals surface area contributed by atoms with Gasteiger partial charge in [-0.05, 0) is 63.1 Å². The molecule has 1 aromatic carbocycles. The normalized spacial score (nSPS) is 10.8. The van der Waals surface area contributed by atoms with Crippen LogP contribution >= 0.6 is 11.3 Å². The Bertz CT molecular complexity index is 574. The summed E-state index contributed by atoms with van der Waals surface area (Å²) in [6.07, 6.45) is 6.80. The lowest BCUT2D eigenvalue weighted by Crippen LogP contribution is -2.04. The van der Waals surface area contributed by atoms with Crippen LogP contribution < -0.4 is 0 Å². The zero-order valence-corrected chi connectivity index (χ0v) is 14.7. The standard InChI is InChI=1S/C20H26O2S/c1-17(21)16-22-15-6-5-11-19-13-14-20(23-19)12-7-10-18-8-3-2-4-9-18/h2-4,8-9,13-14H,5-7,10-12,15-16H2,1H3. The van der Waals surface area contributed by atoms with Gasteiger partial charge in [-0.2, -0.15) is 0 Å². The molecule has 0 radical (unpaired) electrons. The quantitative estimate of drug-likeness (QED) is 0.550. The van der Waals surface area contributed by atoms with Crippen molar-refractivity contribution in [1.82, 2.24) is 0 Å². The zero-order valence-electron chi connectivity index (χ0n) is 13.9. The first-order chi connectivity index (χ1) is 11.2. The van der Waals surface area contributed by atoms with Crippen molar-refractivity contribution in [1.29, 1.82) is 0 Å². The van der Waals surface area contributed by atoms with Crippen molar-refractivity contribution in [3.63, 3.8) is 0 Å². The van der Waals surface area contributed by atoms with Gasteiger partial charge in [-0.3, -0.25) is 4.79 Å². The molecule has 3 heteroatoms. The van der Waals surface area contributed by atoms with Gasteiger partial charge in [-0.1, -0.05) is 30.3 Å².